The number of hydrogen-bond donors (Lipinski definition) is 0. The van der Waals surface area contributed by atoms with E-state index in [9.17, 15) is 4.79 Å². The SMILES string of the molecule is CC(C)c1ccc(C=CC(=O)N2CCCCC2C)cc1. The van der Waals surface area contributed by atoms with Crippen molar-refractivity contribution in [2.24, 2.45) is 0 Å². The molecule has 2 rings (SSSR count). The summed E-state index contributed by atoms with van der Waals surface area (Å²) < 4.78 is 0. The number of likely N-dealkylation sites (tertiary alicyclic amines) is 1. The van der Waals surface area contributed by atoms with Gasteiger partial charge in [0.15, 0.2) is 0 Å². The molecule has 1 fully saturated rings. The third-order valence-corrected chi connectivity index (χ3v) is 4.11. The third-order valence-electron chi connectivity index (χ3n) is 4.11. The molecule has 0 saturated carbocycles. The minimum absolute atomic E-state index is 0.144. The molecule has 0 bridgehead atoms. The summed E-state index contributed by atoms with van der Waals surface area (Å²) in [6.45, 7) is 7.41. The lowest BCUT2D eigenvalue weighted by Gasteiger charge is -2.32. The van der Waals surface area contributed by atoms with Gasteiger partial charge in [-0.25, -0.2) is 0 Å². The molecule has 1 aromatic rings. The fraction of sp³-hybridized carbons (Fsp3) is 0.500. The molecule has 1 aliphatic heterocycles. The van der Waals surface area contributed by atoms with Crippen LogP contribution in [0, 0.1) is 0 Å². The minimum atomic E-state index is 0.144. The Balaban J connectivity index is 1.99. The zero-order valence-corrected chi connectivity index (χ0v) is 12.8. The van der Waals surface area contributed by atoms with E-state index in [-0.39, 0.29) is 5.91 Å². The Labute approximate surface area is 122 Å². The summed E-state index contributed by atoms with van der Waals surface area (Å²) >= 11 is 0. The number of carbonyl (C=O) groups excluding carboxylic acids is 1. The first kappa shape index (κ1) is 14.8. The number of hydrogen-bond acceptors (Lipinski definition) is 1. The molecule has 20 heavy (non-hydrogen) atoms. The summed E-state index contributed by atoms with van der Waals surface area (Å²) in [6.07, 6.45) is 7.14. The Kier molecular flexibility index (Phi) is 4.99. The summed E-state index contributed by atoms with van der Waals surface area (Å²) in [5.41, 5.74) is 2.42. The molecule has 1 heterocycles. The van der Waals surface area contributed by atoms with E-state index in [0.29, 0.717) is 12.0 Å². The molecular weight excluding hydrogens is 246 g/mol. The monoisotopic (exact) mass is 271 g/mol. The molecule has 0 aliphatic carbocycles. The van der Waals surface area contributed by atoms with Crippen molar-refractivity contribution < 1.29 is 4.79 Å². The lowest BCUT2D eigenvalue weighted by Crippen LogP contribution is -2.41. The van der Waals surface area contributed by atoms with E-state index in [2.05, 4.69) is 45.0 Å². The summed E-state index contributed by atoms with van der Waals surface area (Å²) in [4.78, 5) is 14.2. The van der Waals surface area contributed by atoms with Crippen molar-refractivity contribution in [2.45, 2.75) is 52.0 Å². The maximum absolute atomic E-state index is 12.2. The van der Waals surface area contributed by atoms with Crippen LogP contribution in [0.5, 0.6) is 0 Å². The average molecular weight is 271 g/mol. The molecule has 1 saturated heterocycles. The highest BCUT2D eigenvalue weighted by molar-refractivity contribution is 5.92. The van der Waals surface area contributed by atoms with E-state index in [1.165, 1.54) is 12.0 Å². The van der Waals surface area contributed by atoms with Crippen LogP contribution in [0.4, 0.5) is 0 Å². The molecule has 108 valence electrons. The Morgan fingerprint density at radius 1 is 1.25 bits per heavy atom. The van der Waals surface area contributed by atoms with Crippen molar-refractivity contribution in [3.8, 4) is 0 Å². The van der Waals surface area contributed by atoms with E-state index in [1.807, 2.05) is 11.0 Å². The maximum Gasteiger partial charge on any atom is 0.246 e. The van der Waals surface area contributed by atoms with Gasteiger partial charge in [0.2, 0.25) is 5.91 Å². The highest BCUT2D eigenvalue weighted by Crippen LogP contribution is 2.18. The van der Waals surface area contributed by atoms with Crippen molar-refractivity contribution in [1.82, 2.24) is 4.90 Å². The topological polar surface area (TPSA) is 20.3 Å². The van der Waals surface area contributed by atoms with Gasteiger partial charge in [-0.05, 0) is 49.3 Å². The van der Waals surface area contributed by atoms with Gasteiger partial charge >= 0.3 is 0 Å². The molecule has 0 radical (unpaired) electrons. The van der Waals surface area contributed by atoms with Gasteiger partial charge < -0.3 is 4.90 Å². The van der Waals surface area contributed by atoms with E-state index >= 15 is 0 Å². The number of carbonyl (C=O) groups is 1. The predicted octanol–water partition coefficient (Wildman–Crippen LogP) is 4.22. The van der Waals surface area contributed by atoms with Crippen molar-refractivity contribution in [1.29, 1.82) is 0 Å². The zero-order valence-electron chi connectivity index (χ0n) is 12.8. The maximum atomic E-state index is 12.2. The number of amides is 1. The third kappa shape index (κ3) is 3.72. The molecule has 1 atom stereocenters. The molecule has 0 aromatic heterocycles. The largest absolute Gasteiger partial charge is 0.336 e. The van der Waals surface area contributed by atoms with Crippen LogP contribution in [0.2, 0.25) is 0 Å². The van der Waals surface area contributed by atoms with Crippen LogP contribution in [-0.2, 0) is 4.79 Å². The molecule has 0 N–H and O–H groups in total. The number of rotatable bonds is 3. The molecule has 1 amide bonds. The molecule has 2 heteroatoms. The first-order chi connectivity index (χ1) is 9.58. The van der Waals surface area contributed by atoms with Crippen LogP contribution >= 0.6 is 0 Å². The Bertz CT molecular complexity index is 473. The molecule has 1 aromatic carbocycles. The van der Waals surface area contributed by atoms with Gasteiger partial charge in [-0.3, -0.25) is 4.79 Å². The van der Waals surface area contributed by atoms with Crippen LogP contribution in [0.1, 0.15) is 57.1 Å². The average Bonchev–Trinajstić information content (AvgIpc) is 2.45. The molecule has 2 nitrogen and oxygen atoms in total. The van der Waals surface area contributed by atoms with Crippen molar-refractivity contribution >= 4 is 12.0 Å². The van der Waals surface area contributed by atoms with Gasteiger partial charge in [-0.2, -0.15) is 0 Å². The Hall–Kier alpha value is -1.57. The summed E-state index contributed by atoms with van der Waals surface area (Å²) in [7, 11) is 0. The summed E-state index contributed by atoms with van der Waals surface area (Å²) in [5.74, 6) is 0.689. The Morgan fingerprint density at radius 2 is 1.95 bits per heavy atom. The van der Waals surface area contributed by atoms with Gasteiger partial charge in [0.1, 0.15) is 0 Å². The first-order valence-corrected chi connectivity index (χ1v) is 7.66. The van der Waals surface area contributed by atoms with Gasteiger partial charge in [0.05, 0.1) is 0 Å². The van der Waals surface area contributed by atoms with Crippen LogP contribution < -0.4 is 0 Å². The van der Waals surface area contributed by atoms with Crippen molar-refractivity contribution in [3.63, 3.8) is 0 Å². The van der Waals surface area contributed by atoms with E-state index in [1.54, 1.807) is 6.08 Å². The number of nitrogens with zero attached hydrogens (tertiary/aromatic N) is 1. The van der Waals surface area contributed by atoms with Gasteiger partial charge in [-0.15, -0.1) is 0 Å². The smallest absolute Gasteiger partial charge is 0.246 e. The molecular formula is C18H25NO. The second kappa shape index (κ2) is 6.74. The second-order valence-corrected chi connectivity index (χ2v) is 6.03. The highest BCUT2D eigenvalue weighted by atomic mass is 16.2. The van der Waals surface area contributed by atoms with Crippen LogP contribution in [0.15, 0.2) is 30.3 Å². The normalized spacial score (nSPS) is 19.8. The second-order valence-electron chi connectivity index (χ2n) is 6.03. The van der Waals surface area contributed by atoms with Crippen LogP contribution in [0.3, 0.4) is 0 Å². The zero-order chi connectivity index (χ0) is 14.5. The van der Waals surface area contributed by atoms with Gasteiger partial charge in [0, 0.05) is 18.7 Å². The van der Waals surface area contributed by atoms with Crippen LogP contribution in [-0.4, -0.2) is 23.4 Å². The van der Waals surface area contributed by atoms with Crippen LogP contribution in [0.25, 0.3) is 6.08 Å². The van der Waals surface area contributed by atoms with Crippen molar-refractivity contribution in [3.05, 3.63) is 41.5 Å². The Morgan fingerprint density at radius 3 is 2.55 bits per heavy atom. The highest BCUT2D eigenvalue weighted by Gasteiger charge is 2.20. The predicted molar refractivity (Wildman–Crippen MR) is 84.6 cm³/mol. The minimum Gasteiger partial charge on any atom is -0.336 e. The summed E-state index contributed by atoms with van der Waals surface area (Å²) in [6, 6.07) is 8.82. The van der Waals surface area contributed by atoms with E-state index in [0.717, 1.165) is 24.9 Å². The molecule has 1 unspecified atom stereocenters. The standard InChI is InChI=1S/C18H25NO/c1-14(2)17-10-7-16(8-11-17)9-12-18(20)19-13-5-4-6-15(19)3/h7-12,14-15H,4-6,13H2,1-3H3. The fourth-order valence-corrected chi connectivity index (χ4v) is 2.68. The lowest BCUT2D eigenvalue weighted by molar-refractivity contribution is -0.129. The van der Waals surface area contributed by atoms with Gasteiger partial charge in [-0.1, -0.05) is 38.1 Å². The summed E-state index contributed by atoms with van der Waals surface area (Å²) in [5, 5.41) is 0. The van der Waals surface area contributed by atoms with E-state index < -0.39 is 0 Å². The first-order valence-electron chi connectivity index (χ1n) is 7.66. The lowest BCUT2D eigenvalue weighted by atomic mass is 10.0. The molecule has 0 spiro atoms. The quantitative estimate of drug-likeness (QED) is 0.754. The number of piperidine rings is 1. The van der Waals surface area contributed by atoms with E-state index in [4.69, 9.17) is 0 Å². The fourth-order valence-electron chi connectivity index (χ4n) is 2.68. The van der Waals surface area contributed by atoms with Crippen molar-refractivity contribution in [2.75, 3.05) is 6.54 Å². The number of benzene rings is 1. The molecule has 1 aliphatic rings. The van der Waals surface area contributed by atoms with Gasteiger partial charge in [0.25, 0.3) is 0 Å².